The lowest BCUT2D eigenvalue weighted by atomic mass is 9.81. The van der Waals surface area contributed by atoms with Crippen molar-refractivity contribution in [2.75, 3.05) is 0 Å². The highest BCUT2D eigenvalue weighted by Gasteiger charge is 2.27. The fourth-order valence-corrected chi connectivity index (χ4v) is 2.28. The van der Waals surface area contributed by atoms with E-state index in [1.165, 1.54) is 6.07 Å². The van der Waals surface area contributed by atoms with Gasteiger partial charge in [0.15, 0.2) is 11.6 Å². The Morgan fingerprint density at radius 3 is 2.60 bits per heavy atom. The second-order valence-electron chi connectivity index (χ2n) is 4.10. The van der Waals surface area contributed by atoms with Gasteiger partial charge < -0.3 is 5.11 Å². The van der Waals surface area contributed by atoms with Crippen molar-refractivity contribution in [1.82, 2.24) is 0 Å². The van der Waals surface area contributed by atoms with Crippen molar-refractivity contribution < 1.29 is 13.9 Å². The van der Waals surface area contributed by atoms with Crippen LogP contribution in [0, 0.1) is 11.6 Å². The Morgan fingerprint density at radius 2 is 1.87 bits per heavy atom. The van der Waals surface area contributed by atoms with Crippen LogP contribution in [0.1, 0.15) is 37.2 Å². The summed E-state index contributed by atoms with van der Waals surface area (Å²) < 4.78 is 26.5. The van der Waals surface area contributed by atoms with Gasteiger partial charge in [0.2, 0.25) is 0 Å². The van der Waals surface area contributed by atoms with E-state index in [1.807, 2.05) is 0 Å². The minimum atomic E-state index is -0.828. The van der Waals surface area contributed by atoms with E-state index < -0.39 is 17.7 Å². The first kappa shape index (κ1) is 10.6. The summed E-state index contributed by atoms with van der Waals surface area (Å²) in [6.45, 7) is 0. The van der Waals surface area contributed by atoms with Crippen LogP contribution in [0.3, 0.4) is 0 Å². The largest absolute Gasteiger partial charge is 0.392 e. The Hall–Kier alpha value is -0.960. The summed E-state index contributed by atoms with van der Waals surface area (Å²) in [4.78, 5) is 0. The first-order valence-corrected chi connectivity index (χ1v) is 5.32. The van der Waals surface area contributed by atoms with Crippen molar-refractivity contribution >= 4 is 0 Å². The Bertz CT molecular complexity index is 351. The number of hydrogen-bond acceptors (Lipinski definition) is 1. The quantitative estimate of drug-likeness (QED) is 0.758. The maximum absolute atomic E-state index is 13.5. The van der Waals surface area contributed by atoms with Gasteiger partial charge in [0.05, 0.1) is 6.10 Å². The van der Waals surface area contributed by atoms with Crippen LogP contribution in [0.25, 0.3) is 0 Å². The van der Waals surface area contributed by atoms with E-state index in [0.29, 0.717) is 12.0 Å². The Morgan fingerprint density at radius 1 is 1.13 bits per heavy atom. The lowest BCUT2D eigenvalue weighted by Gasteiger charge is -2.28. The van der Waals surface area contributed by atoms with Crippen molar-refractivity contribution in [2.24, 2.45) is 0 Å². The summed E-state index contributed by atoms with van der Waals surface area (Å²) in [5.41, 5.74) is 0.321. The lowest BCUT2D eigenvalue weighted by molar-refractivity contribution is 0.104. The molecule has 15 heavy (non-hydrogen) atoms. The highest BCUT2D eigenvalue weighted by Crippen LogP contribution is 2.34. The molecule has 1 nitrogen and oxygen atoms in total. The Kier molecular flexibility index (Phi) is 3.00. The summed E-state index contributed by atoms with van der Waals surface area (Å²) in [5, 5.41) is 9.75. The molecule has 0 radical (unpaired) electrons. The first-order valence-electron chi connectivity index (χ1n) is 5.32. The summed E-state index contributed by atoms with van der Waals surface area (Å²) >= 11 is 0. The van der Waals surface area contributed by atoms with Gasteiger partial charge >= 0.3 is 0 Å². The van der Waals surface area contributed by atoms with Crippen LogP contribution in [-0.2, 0) is 0 Å². The van der Waals surface area contributed by atoms with E-state index in [2.05, 4.69) is 0 Å². The van der Waals surface area contributed by atoms with Crippen molar-refractivity contribution in [3.63, 3.8) is 0 Å². The summed E-state index contributed by atoms with van der Waals surface area (Å²) in [7, 11) is 0. The molecular weight excluding hydrogens is 198 g/mol. The molecule has 1 saturated carbocycles. The fourth-order valence-electron chi connectivity index (χ4n) is 2.28. The van der Waals surface area contributed by atoms with Crippen molar-refractivity contribution in [3.8, 4) is 0 Å². The predicted octanol–water partition coefficient (Wildman–Crippen LogP) is 2.98. The van der Waals surface area contributed by atoms with E-state index in [4.69, 9.17) is 0 Å². The molecule has 1 aromatic carbocycles. The molecule has 0 heterocycles. The minimum absolute atomic E-state index is 0.241. The molecule has 2 rings (SSSR count). The number of aliphatic hydroxyl groups excluding tert-OH is 1. The Balaban J connectivity index is 2.31. The molecule has 0 aromatic heterocycles. The van der Waals surface area contributed by atoms with Gasteiger partial charge in [-0.1, -0.05) is 25.0 Å². The van der Waals surface area contributed by atoms with Gasteiger partial charge in [-0.3, -0.25) is 0 Å². The molecule has 0 amide bonds. The Labute approximate surface area is 87.7 Å². The molecule has 0 spiro atoms. The zero-order valence-corrected chi connectivity index (χ0v) is 8.42. The maximum Gasteiger partial charge on any atom is 0.162 e. The van der Waals surface area contributed by atoms with Gasteiger partial charge in [-0.25, -0.2) is 8.78 Å². The molecule has 1 N–H and O–H groups in total. The van der Waals surface area contributed by atoms with Gasteiger partial charge in [-0.2, -0.15) is 0 Å². The van der Waals surface area contributed by atoms with Crippen LogP contribution < -0.4 is 0 Å². The number of rotatable bonds is 1. The van der Waals surface area contributed by atoms with Crippen LogP contribution in [0.5, 0.6) is 0 Å². The van der Waals surface area contributed by atoms with E-state index in [9.17, 15) is 13.9 Å². The first-order chi connectivity index (χ1) is 7.20. The average molecular weight is 212 g/mol. The van der Waals surface area contributed by atoms with Crippen LogP contribution in [0.2, 0.25) is 0 Å². The summed E-state index contributed by atoms with van der Waals surface area (Å²) in [5.74, 6) is -1.87. The molecule has 0 saturated heterocycles. The average Bonchev–Trinajstić information content (AvgIpc) is 2.23. The second kappa shape index (κ2) is 4.27. The molecule has 1 aromatic rings. The molecule has 0 unspecified atom stereocenters. The van der Waals surface area contributed by atoms with Gasteiger partial charge in [0.25, 0.3) is 0 Å². The van der Waals surface area contributed by atoms with Crippen LogP contribution in [0.15, 0.2) is 18.2 Å². The fraction of sp³-hybridized carbons (Fsp3) is 0.500. The van der Waals surface area contributed by atoms with Gasteiger partial charge in [0, 0.05) is 5.92 Å². The van der Waals surface area contributed by atoms with Crippen LogP contribution >= 0.6 is 0 Å². The maximum atomic E-state index is 13.5. The van der Waals surface area contributed by atoms with E-state index >= 15 is 0 Å². The monoisotopic (exact) mass is 212 g/mol. The third-order valence-corrected chi connectivity index (χ3v) is 3.11. The number of hydrogen-bond donors (Lipinski definition) is 1. The minimum Gasteiger partial charge on any atom is -0.392 e. The predicted molar refractivity (Wildman–Crippen MR) is 53.6 cm³/mol. The molecule has 1 aliphatic carbocycles. The smallest absolute Gasteiger partial charge is 0.162 e. The van der Waals surface area contributed by atoms with Crippen LogP contribution in [-0.4, -0.2) is 11.2 Å². The van der Waals surface area contributed by atoms with Gasteiger partial charge in [-0.15, -0.1) is 0 Å². The third-order valence-electron chi connectivity index (χ3n) is 3.11. The van der Waals surface area contributed by atoms with E-state index in [-0.39, 0.29) is 5.92 Å². The highest BCUT2D eigenvalue weighted by atomic mass is 19.2. The molecule has 82 valence electrons. The number of halogens is 2. The zero-order chi connectivity index (χ0) is 10.8. The topological polar surface area (TPSA) is 20.2 Å². The summed E-state index contributed by atoms with van der Waals surface area (Å²) in [6, 6.07) is 4.17. The van der Waals surface area contributed by atoms with E-state index in [0.717, 1.165) is 25.3 Å². The zero-order valence-electron chi connectivity index (χ0n) is 8.42. The lowest BCUT2D eigenvalue weighted by Crippen LogP contribution is -2.23. The van der Waals surface area contributed by atoms with Crippen molar-refractivity contribution in [2.45, 2.75) is 37.7 Å². The van der Waals surface area contributed by atoms with Crippen molar-refractivity contribution in [1.29, 1.82) is 0 Å². The van der Waals surface area contributed by atoms with E-state index in [1.54, 1.807) is 6.07 Å². The molecule has 1 fully saturated rings. The molecule has 1 aliphatic rings. The molecule has 3 heteroatoms. The highest BCUT2D eigenvalue weighted by molar-refractivity contribution is 5.24. The second-order valence-corrected chi connectivity index (χ2v) is 4.10. The summed E-state index contributed by atoms with van der Waals surface area (Å²) in [6.07, 6.45) is 2.82. The van der Waals surface area contributed by atoms with Gasteiger partial charge in [-0.05, 0) is 24.5 Å². The standard InChI is InChI=1S/C12H14F2O/c13-10-6-3-5-9(12(10)14)8-4-1-2-7-11(8)15/h3,5-6,8,11,15H,1-2,4,7H2/t8-,11+/m1/s1. The number of aliphatic hydroxyl groups is 1. The van der Waals surface area contributed by atoms with Crippen LogP contribution in [0.4, 0.5) is 8.78 Å². The molecule has 0 bridgehead atoms. The normalized spacial score (nSPS) is 26.6. The molecule has 2 atom stereocenters. The van der Waals surface area contributed by atoms with Crippen molar-refractivity contribution in [3.05, 3.63) is 35.4 Å². The number of benzene rings is 1. The van der Waals surface area contributed by atoms with Gasteiger partial charge in [0.1, 0.15) is 0 Å². The molecule has 0 aliphatic heterocycles. The third kappa shape index (κ3) is 2.02. The SMILES string of the molecule is O[C@H]1CCCC[C@@H]1c1cccc(F)c1F. The molecular formula is C12H14F2O.